The summed E-state index contributed by atoms with van der Waals surface area (Å²) in [6.07, 6.45) is 0.457. The average Bonchev–Trinajstić information content (AvgIpc) is 3.03. The topological polar surface area (TPSA) is 85.3 Å². The van der Waals surface area contributed by atoms with E-state index in [1.54, 1.807) is 24.3 Å². The Morgan fingerprint density at radius 1 is 1.16 bits per heavy atom. The highest BCUT2D eigenvalue weighted by Crippen LogP contribution is 2.41. The lowest BCUT2D eigenvalue weighted by Gasteiger charge is -2.25. The van der Waals surface area contributed by atoms with Crippen LogP contribution in [0.1, 0.15) is 23.6 Å². The number of halogens is 1. The molecule has 162 valence electrons. The van der Waals surface area contributed by atoms with E-state index in [1.165, 1.54) is 30.2 Å². The molecule has 2 aromatic rings. The SMILES string of the molecule is COCCCN1C(=O)C(=O)C(=C(O)c2ccc3c(c2)OCCO3)[C@H]1c1ccccc1F. The number of methoxy groups -OCH3 is 1. The van der Waals surface area contributed by atoms with E-state index in [4.69, 9.17) is 14.2 Å². The van der Waals surface area contributed by atoms with Gasteiger partial charge in [0.2, 0.25) is 0 Å². The largest absolute Gasteiger partial charge is 0.507 e. The zero-order chi connectivity index (χ0) is 22.0. The van der Waals surface area contributed by atoms with Gasteiger partial charge in [0.25, 0.3) is 11.7 Å². The maximum absolute atomic E-state index is 14.7. The molecule has 8 heteroatoms. The van der Waals surface area contributed by atoms with E-state index in [9.17, 15) is 19.1 Å². The summed E-state index contributed by atoms with van der Waals surface area (Å²) >= 11 is 0. The van der Waals surface area contributed by atoms with Gasteiger partial charge in [-0.3, -0.25) is 9.59 Å². The van der Waals surface area contributed by atoms with E-state index in [1.807, 2.05) is 0 Å². The molecule has 2 aliphatic heterocycles. The number of carbonyl (C=O) groups excluding carboxylic acids is 2. The molecule has 0 saturated carbocycles. The van der Waals surface area contributed by atoms with Crippen molar-refractivity contribution in [2.45, 2.75) is 12.5 Å². The number of likely N-dealkylation sites (tertiary alicyclic amines) is 1. The van der Waals surface area contributed by atoms with Crippen LogP contribution in [-0.2, 0) is 14.3 Å². The Balaban J connectivity index is 1.82. The molecule has 0 aliphatic carbocycles. The fourth-order valence-corrected chi connectivity index (χ4v) is 3.86. The number of rotatable bonds is 6. The smallest absolute Gasteiger partial charge is 0.295 e. The van der Waals surface area contributed by atoms with Crippen molar-refractivity contribution in [2.75, 3.05) is 33.5 Å². The van der Waals surface area contributed by atoms with Gasteiger partial charge in [0.15, 0.2) is 11.5 Å². The second kappa shape index (κ2) is 8.77. The molecular weight excluding hydrogens is 405 g/mol. The molecule has 4 rings (SSSR count). The Kier molecular flexibility index (Phi) is 5.90. The molecule has 0 radical (unpaired) electrons. The Bertz CT molecular complexity index is 1050. The molecule has 31 heavy (non-hydrogen) atoms. The van der Waals surface area contributed by atoms with Crippen LogP contribution in [-0.4, -0.2) is 55.2 Å². The van der Waals surface area contributed by atoms with Gasteiger partial charge < -0.3 is 24.2 Å². The highest BCUT2D eigenvalue weighted by Gasteiger charge is 2.46. The van der Waals surface area contributed by atoms with Gasteiger partial charge in [-0.15, -0.1) is 0 Å². The third-order valence-electron chi connectivity index (χ3n) is 5.30. The number of benzene rings is 2. The van der Waals surface area contributed by atoms with E-state index in [2.05, 4.69) is 0 Å². The molecule has 0 unspecified atom stereocenters. The third-order valence-corrected chi connectivity index (χ3v) is 5.30. The number of fused-ring (bicyclic) bond motifs is 1. The van der Waals surface area contributed by atoms with E-state index in [0.717, 1.165) is 0 Å². The summed E-state index contributed by atoms with van der Waals surface area (Å²) in [5, 5.41) is 11.1. The first-order valence-corrected chi connectivity index (χ1v) is 9.94. The van der Waals surface area contributed by atoms with Crippen molar-refractivity contribution in [1.82, 2.24) is 4.90 Å². The quantitative estimate of drug-likeness (QED) is 0.330. The minimum atomic E-state index is -1.05. The molecule has 0 aromatic heterocycles. The van der Waals surface area contributed by atoms with Crippen LogP contribution in [0, 0.1) is 5.82 Å². The van der Waals surface area contributed by atoms with Crippen molar-refractivity contribution in [2.24, 2.45) is 0 Å². The minimum absolute atomic E-state index is 0.137. The van der Waals surface area contributed by atoms with Crippen LogP contribution in [0.5, 0.6) is 11.5 Å². The number of aliphatic hydroxyl groups excluding tert-OH is 1. The first-order chi connectivity index (χ1) is 15.0. The summed E-state index contributed by atoms with van der Waals surface area (Å²) in [6, 6.07) is 9.60. The lowest BCUT2D eigenvalue weighted by molar-refractivity contribution is -0.140. The standard InChI is InChI=1S/C23H22FNO6/c1-29-10-4-9-25-20(15-5-2-3-6-16(15)24)19(22(27)23(25)28)21(26)14-7-8-17-18(13-14)31-12-11-30-17/h2-3,5-8,13,20,26H,4,9-12H2,1H3/t20-/m1/s1. The molecule has 1 N–H and O–H groups in total. The van der Waals surface area contributed by atoms with Crippen molar-refractivity contribution >= 4 is 17.4 Å². The average molecular weight is 427 g/mol. The fourth-order valence-electron chi connectivity index (χ4n) is 3.86. The van der Waals surface area contributed by atoms with Gasteiger partial charge >= 0.3 is 0 Å². The predicted octanol–water partition coefficient (Wildman–Crippen LogP) is 3.06. The predicted molar refractivity (Wildman–Crippen MR) is 109 cm³/mol. The van der Waals surface area contributed by atoms with E-state index in [-0.39, 0.29) is 23.2 Å². The van der Waals surface area contributed by atoms with E-state index in [0.29, 0.717) is 37.7 Å². The first-order valence-electron chi connectivity index (χ1n) is 9.94. The molecule has 1 saturated heterocycles. The zero-order valence-corrected chi connectivity index (χ0v) is 17.0. The Hall–Kier alpha value is -3.39. The summed E-state index contributed by atoms with van der Waals surface area (Å²) < 4.78 is 30.8. The van der Waals surface area contributed by atoms with Gasteiger partial charge in [0.05, 0.1) is 11.6 Å². The number of carbonyl (C=O) groups is 2. The molecule has 1 fully saturated rings. The summed E-state index contributed by atoms with van der Waals surface area (Å²) in [5.74, 6) is -1.67. The van der Waals surface area contributed by atoms with Crippen LogP contribution < -0.4 is 9.47 Å². The number of nitrogens with zero attached hydrogens (tertiary/aromatic N) is 1. The number of ether oxygens (including phenoxy) is 3. The number of hydrogen-bond donors (Lipinski definition) is 1. The van der Waals surface area contributed by atoms with Gasteiger partial charge in [0.1, 0.15) is 24.8 Å². The Morgan fingerprint density at radius 2 is 1.90 bits per heavy atom. The summed E-state index contributed by atoms with van der Waals surface area (Å²) in [6.45, 7) is 1.32. The Labute approximate surface area is 178 Å². The summed E-state index contributed by atoms with van der Waals surface area (Å²) in [4.78, 5) is 27.0. The van der Waals surface area contributed by atoms with E-state index < -0.39 is 29.3 Å². The van der Waals surface area contributed by atoms with Crippen LogP contribution in [0.15, 0.2) is 48.0 Å². The van der Waals surface area contributed by atoms with Crippen LogP contribution in [0.4, 0.5) is 4.39 Å². The third kappa shape index (κ3) is 3.86. The zero-order valence-electron chi connectivity index (χ0n) is 17.0. The molecule has 0 bridgehead atoms. The molecule has 1 amide bonds. The molecular formula is C23H22FNO6. The van der Waals surface area contributed by atoms with Crippen molar-refractivity contribution in [3.8, 4) is 11.5 Å². The second-order valence-electron chi connectivity index (χ2n) is 7.22. The van der Waals surface area contributed by atoms with Crippen LogP contribution in [0.25, 0.3) is 5.76 Å². The molecule has 2 heterocycles. The van der Waals surface area contributed by atoms with Gasteiger partial charge in [-0.1, -0.05) is 18.2 Å². The number of ketones is 1. The Morgan fingerprint density at radius 3 is 2.65 bits per heavy atom. The van der Waals surface area contributed by atoms with Crippen molar-refractivity contribution in [3.63, 3.8) is 0 Å². The number of aliphatic hydroxyl groups is 1. The van der Waals surface area contributed by atoms with Gasteiger partial charge in [-0.2, -0.15) is 0 Å². The highest BCUT2D eigenvalue weighted by molar-refractivity contribution is 6.46. The number of Topliss-reactive ketones (excluding diaryl/α,β-unsaturated/α-hetero) is 1. The number of hydrogen-bond acceptors (Lipinski definition) is 6. The lowest BCUT2D eigenvalue weighted by atomic mass is 9.94. The van der Waals surface area contributed by atoms with Crippen LogP contribution >= 0.6 is 0 Å². The van der Waals surface area contributed by atoms with Crippen LogP contribution in [0.2, 0.25) is 0 Å². The summed E-state index contributed by atoms with van der Waals surface area (Å²) in [5.41, 5.74) is 0.253. The van der Waals surface area contributed by atoms with Gasteiger partial charge in [0, 0.05) is 31.4 Å². The monoisotopic (exact) mass is 427 g/mol. The minimum Gasteiger partial charge on any atom is -0.507 e. The number of amides is 1. The maximum Gasteiger partial charge on any atom is 0.295 e. The summed E-state index contributed by atoms with van der Waals surface area (Å²) in [7, 11) is 1.53. The lowest BCUT2D eigenvalue weighted by Crippen LogP contribution is -2.31. The van der Waals surface area contributed by atoms with E-state index >= 15 is 0 Å². The molecule has 0 spiro atoms. The molecule has 2 aliphatic rings. The normalized spacial score (nSPS) is 19.7. The van der Waals surface area contributed by atoms with Crippen molar-refractivity contribution in [1.29, 1.82) is 0 Å². The van der Waals surface area contributed by atoms with Crippen LogP contribution in [0.3, 0.4) is 0 Å². The highest BCUT2D eigenvalue weighted by atomic mass is 19.1. The van der Waals surface area contributed by atoms with Gasteiger partial charge in [-0.25, -0.2) is 4.39 Å². The molecule has 7 nitrogen and oxygen atoms in total. The first kappa shape index (κ1) is 20.9. The van der Waals surface area contributed by atoms with Crippen molar-refractivity contribution < 1.29 is 33.3 Å². The van der Waals surface area contributed by atoms with Gasteiger partial charge in [-0.05, 0) is 30.7 Å². The van der Waals surface area contributed by atoms with Crippen molar-refractivity contribution in [3.05, 3.63) is 65.0 Å². The fraction of sp³-hybridized carbons (Fsp3) is 0.304. The maximum atomic E-state index is 14.7. The second-order valence-corrected chi connectivity index (χ2v) is 7.22. The molecule has 2 aromatic carbocycles. The molecule has 1 atom stereocenters.